The highest BCUT2D eigenvalue weighted by Crippen LogP contribution is 2.28. The van der Waals surface area contributed by atoms with E-state index >= 15 is 0 Å². The Labute approximate surface area is 172 Å². The first-order valence-electron chi connectivity index (χ1n) is 10.0. The van der Waals surface area contributed by atoms with Crippen molar-refractivity contribution in [3.8, 4) is 5.75 Å². The Morgan fingerprint density at radius 2 is 1.66 bits per heavy atom. The number of aromatic hydroxyl groups is 1. The van der Waals surface area contributed by atoms with Gasteiger partial charge in [-0.1, -0.05) is 30.3 Å². The van der Waals surface area contributed by atoms with Gasteiger partial charge >= 0.3 is 0 Å². The van der Waals surface area contributed by atoms with E-state index < -0.39 is 0 Å². The summed E-state index contributed by atoms with van der Waals surface area (Å²) < 4.78 is 0. The molecule has 0 saturated carbocycles. The van der Waals surface area contributed by atoms with Crippen LogP contribution in [0.3, 0.4) is 0 Å². The Balaban J connectivity index is 1.62. The van der Waals surface area contributed by atoms with Gasteiger partial charge in [0, 0.05) is 36.6 Å². The van der Waals surface area contributed by atoms with Crippen LogP contribution in [0.5, 0.6) is 5.75 Å². The monoisotopic (exact) mass is 391 g/mol. The molecule has 0 aromatic heterocycles. The number of carbonyl (C=O) groups excluding carboxylic acids is 1. The number of anilines is 2. The van der Waals surface area contributed by atoms with Gasteiger partial charge in [-0.15, -0.1) is 0 Å². The zero-order valence-corrected chi connectivity index (χ0v) is 17.4. The molecule has 0 fully saturated rings. The van der Waals surface area contributed by atoms with Crippen molar-refractivity contribution < 1.29 is 9.90 Å². The van der Waals surface area contributed by atoms with Crippen molar-refractivity contribution in [3.05, 3.63) is 66.2 Å². The molecule has 0 unspecified atom stereocenters. The number of phenolic OH excluding ortho intramolecular Hbond substituents is 1. The van der Waals surface area contributed by atoms with Gasteiger partial charge in [0.05, 0.1) is 6.54 Å². The van der Waals surface area contributed by atoms with E-state index in [2.05, 4.69) is 24.1 Å². The summed E-state index contributed by atoms with van der Waals surface area (Å²) in [6, 6.07) is 19.5. The molecule has 5 heteroatoms. The molecule has 3 aromatic carbocycles. The predicted molar refractivity (Wildman–Crippen MR) is 121 cm³/mol. The van der Waals surface area contributed by atoms with E-state index in [9.17, 15) is 9.90 Å². The van der Waals surface area contributed by atoms with Gasteiger partial charge in [-0.3, -0.25) is 9.69 Å². The number of fused-ring (bicyclic) bond motifs is 1. The van der Waals surface area contributed by atoms with Crippen molar-refractivity contribution in [3.63, 3.8) is 0 Å². The lowest BCUT2D eigenvalue weighted by atomic mass is 10.0. The number of hydrogen-bond donors (Lipinski definition) is 2. The second kappa shape index (κ2) is 9.43. The van der Waals surface area contributed by atoms with Gasteiger partial charge in [0.25, 0.3) is 0 Å². The van der Waals surface area contributed by atoms with Crippen molar-refractivity contribution in [2.24, 2.45) is 0 Å². The first-order chi connectivity index (χ1) is 14.0. The zero-order valence-electron chi connectivity index (χ0n) is 17.4. The Morgan fingerprint density at radius 3 is 2.34 bits per heavy atom. The molecule has 3 rings (SSSR count). The summed E-state index contributed by atoms with van der Waals surface area (Å²) in [4.78, 5) is 16.6. The second-order valence-electron chi connectivity index (χ2n) is 7.22. The van der Waals surface area contributed by atoms with Crippen LogP contribution >= 0.6 is 0 Å². The van der Waals surface area contributed by atoms with Crippen molar-refractivity contribution in [2.45, 2.75) is 20.4 Å². The summed E-state index contributed by atoms with van der Waals surface area (Å²) in [6.07, 6.45) is 0. The molecule has 0 atom stereocenters. The Morgan fingerprint density at radius 1 is 0.966 bits per heavy atom. The fourth-order valence-electron chi connectivity index (χ4n) is 3.61. The smallest absolute Gasteiger partial charge is 0.238 e. The number of benzene rings is 3. The summed E-state index contributed by atoms with van der Waals surface area (Å²) in [5.74, 6) is 0.172. The van der Waals surface area contributed by atoms with E-state index in [0.29, 0.717) is 6.54 Å². The van der Waals surface area contributed by atoms with Crippen LogP contribution in [0.1, 0.15) is 19.4 Å². The minimum Gasteiger partial charge on any atom is -0.508 e. The molecule has 0 bridgehead atoms. The SMILES string of the molecule is CCN(CC)c1ccc(NC(=O)CN(C)Cc2c(O)ccc3ccccc23)cc1. The standard InChI is InChI=1S/C24H29N3O2/c1-4-27(5-2)20-13-11-19(12-14-20)25-24(29)17-26(3)16-22-21-9-7-6-8-18(21)10-15-23(22)28/h6-15,28H,4-5,16-17H2,1-3H3,(H,25,29). The number of hydrogen-bond acceptors (Lipinski definition) is 4. The van der Waals surface area contributed by atoms with Crippen LogP contribution < -0.4 is 10.2 Å². The topological polar surface area (TPSA) is 55.8 Å². The Bertz CT molecular complexity index is 966. The maximum atomic E-state index is 12.5. The van der Waals surface area contributed by atoms with Crippen LogP contribution in [0.15, 0.2) is 60.7 Å². The minimum atomic E-state index is -0.0807. The van der Waals surface area contributed by atoms with Crippen molar-refractivity contribution in [1.82, 2.24) is 4.90 Å². The van der Waals surface area contributed by atoms with E-state index in [0.717, 1.165) is 40.8 Å². The fourth-order valence-corrected chi connectivity index (χ4v) is 3.61. The highest BCUT2D eigenvalue weighted by Gasteiger charge is 2.13. The summed E-state index contributed by atoms with van der Waals surface area (Å²) >= 11 is 0. The minimum absolute atomic E-state index is 0.0807. The third-order valence-electron chi connectivity index (χ3n) is 5.14. The largest absolute Gasteiger partial charge is 0.508 e. The first-order valence-corrected chi connectivity index (χ1v) is 10.0. The lowest BCUT2D eigenvalue weighted by Gasteiger charge is -2.21. The highest BCUT2D eigenvalue weighted by molar-refractivity contribution is 5.92. The number of amides is 1. The maximum absolute atomic E-state index is 12.5. The van der Waals surface area contributed by atoms with Gasteiger partial charge in [-0.25, -0.2) is 0 Å². The van der Waals surface area contributed by atoms with Crippen LogP contribution in [-0.2, 0) is 11.3 Å². The summed E-state index contributed by atoms with van der Waals surface area (Å²) in [7, 11) is 1.88. The quantitative estimate of drug-likeness (QED) is 0.595. The third-order valence-corrected chi connectivity index (χ3v) is 5.14. The molecule has 1 amide bonds. The average molecular weight is 392 g/mol. The molecule has 3 aromatic rings. The molecule has 0 radical (unpaired) electrons. The predicted octanol–water partition coefficient (Wildman–Crippen LogP) is 4.46. The summed E-state index contributed by atoms with van der Waals surface area (Å²) in [5, 5.41) is 15.3. The Hall–Kier alpha value is -3.05. The molecule has 152 valence electrons. The molecular formula is C24H29N3O2. The van der Waals surface area contributed by atoms with E-state index in [1.807, 2.05) is 66.5 Å². The summed E-state index contributed by atoms with van der Waals surface area (Å²) in [5.41, 5.74) is 2.77. The molecule has 0 saturated heterocycles. The second-order valence-corrected chi connectivity index (χ2v) is 7.22. The number of nitrogens with zero attached hydrogens (tertiary/aromatic N) is 2. The Kier molecular flexibility index (Phi) is 6.73. The van der Waals surface area contributed by atoms with E-state index in [1.54, 1.807) is 6.07 Å². The van der Waals surface area contributed by atoms with Gasteiger partial charge in [-0.05, 0) is 62.0 Å². The number of phenols is 1. The molecule has 0 heterocycles. The van der Waals surface area contributed by atoms with Crippen molar-refractivity contribution in [1.29, 1.82) is 0 Å². The molecule has 0 spiro atoms. The number of rotatable bonds is 8. The van der Waals surface area contributed by atoms with E-state index in [1.165, 1.54) is 0 Å². The van der Waals surface area contributed by atoms with Gasteiger partial charge in [0.15, 0.2) is 0 Å². The van der Waals surface area contributed by atoms with Gasteiger partial charge in [0.1, 0.15) is 5.75 Å². The summed E-state index contributed by atoms with van der Waals surface area (Å²) in [6.45, 7) is 6.88. The molecule has 0 aliphatic rings. The van der Waals surface area contributed by atoms with Crippen LogP contribution in [0.4, 0.5) is 11.4 Å². The zero-order chi connectivity index (χ0) is 20.8. The first kappa shape index (κ1) is 20.7. The van der Waals surface area contributed by atoms with Crippen molar-refractivity contribution in [2.75, 3.05) is 36.9 Å². The fraction of sp³-hybridized carbons (Fsp3) is 0.292. The maximum Gasteiger partial charge on any atom is 0.238 e. The molecule has 0 aliphatic heterocycles. The number of likely N-dealkylation sites (N-methyl/N-ethyl adjacent to an activating group) is 1. The van der Waals surface area contributed by atoms with Crippen LogP contribution in [-0.4, -0.2) is 42.6 Å². The van der Waals surface area contributed by atoms with Gasteiger partial charge in [-0.2, -0.15) is 0 Å². The van der Waals surface area contributed by atoms with E-state index in [4.69, 9.17) is 0 Å². The van der Waals surface area contributed by atoms with Gasteiger partial charge in [0.2, 0.25) is 5.91 Å². The highest BCUT2D eigenvalue weighted by atomic mass is 16.3. The van der Waals surface area contributed by atoms with Crippen LogP contribution in [0, 0.1) is 0 Å². The average Bonchev–Trinajstić information content (AvgIpc) is 2.72. The molecular weight excluding hydrogens is 362 g/mol. The lowest BCUT2D eigenvalue weighted by Crippen LogP contribution is -2.30. The molecule has 5 nitrogen and oxygen atoms in total. The molecule has 0 aliphatic carbocycles. The van der Waals surface area contributed by atoms with E-state index in [-0.39, 0.29) is 18.2 Å². The normalized spacial score (nSPS) is 11.0. The molecule has 2 N–H and O–H groups in total. The molecule has 29 heavy (non-hydrogen) atoms. The third kappa shape index (κ3) is 5.06. The van der Waals surface area contributed by atoms with Gasteiger partial charge < -0.3 is 15.3 Å². The van der Waals surface area contributed by atoms with Crippen LogP contribution in [0.2, 0.25) is 0 Å². The number of carbonyl (C=O) groups is 1. The number of nitrogens with one attached hydrogen (secondary N) is 1. The van der Waals surface area contributed by atoms with Crippen LogP contribution in [0.25, 0.3) is 10.8 Å². The van der Waals surface area contributed by atoms with Crippen molar-refractivity contribution >= 4 is 28.1 Å². The lowest BCUT2D eigenvalue weighted by molar-refractivity contribution is -0.117.